The van der Waals surface area contributed by atoms with Crippen LogP contribution >= 0.6 is 0 Å². The number of hydrogen-bond acceptors (Lipinski definition) is 7. The number of ketones is 1. The number of methoxy groups -OCH3 is 2. The highest BCUT2D eigenvalue weighted by molar-refractivity contribution is 6.09. The lowest BCUT2D eigenvalue weighted by molar-refractivity contribution is -0.205. The lowest BCUT2D eigenvalue weighted by atomic mass is 9.47. The summed E-state index contributed by atoms with van der Waals surface area (Å²) in [6.45, 7) is 13.7. The molecular formula is C27H42O7. The van der Waals surface area contributed by atoms with Gasteiger partial charge in [0.1, 0.15) is 17.3 Å². The summed E-state index contributed by atoms with van der Waals surface area (Å²) < 4.78 is 16.9. The fourth-order valence-corrected chi connectivity index (χ4v) is 7.61. The Labute approximate surface area is 203 Å². The first-order valence-corrected chi connectivity index (χ1v) is 12.4. The molecule has 3 aliphatic rings. The molecule has 1 spiro atoms. The van der Waals surface area contributed by atoms with E-state index in [1.807, 2.05) is 20.8 Å². The number of rotatable bonds is 5. The van der Waals surface area contributed by atoms with E-state index in [0.717, 1.165) is 12.8 Å². The van der Waals surface area contributed by atoms with Crippen LogP contribution in [0.1, 0.15) is 80.6 Å². The van der Waals surface area contributed by atoms with Crippen LogP contribution in [0.4, 0.5) is 0 Å². The highest BCUT2D eigenvalue weighted by Crippen LogP contribution is 2.69. The number of esters is 2. The molecule has 0 amide bonds. The van der Waals surface area contributed by atoms with Crippen LogP contribution < -0.4 is 0 Å². The van der Waals surface area contributed by atoms with Crippen molar-refractivity contribution >= 4 is 17.7 Å². The molecule has 1 saturated heterocycles. The molecule has 1 N–H and O–H groups in total. The predicted molar refractivity (Wildman–Crippen MR) is 126 cm³/mol. The molecular weight excluding hydrogens is 436 g/mol. The number of aliphatic hydroxyl groups is 1. The lowest BCUT2D eigenvalue weighted by Gasteiger charge is -2.59. The second-order valence-electron chi connectivity index (χ2n) is 11.9. The molecule has 0 aromatic carbocycles. The molecule has 7 nitrogen and oxygen atoms in total. The first-order valence-electron chi connectivity index (χ1n) is 12.4. The zero-order valence-electron chi connectivity index (χ0n) is 22.2. The van der Waals surface area contributed by atoms with Gasteiger partial charge in [0.25, 0.3) is 0 Å². The van der Waals surface area contributed by atoms with Crippen LogP contribution in [-0.2, 0) is 28.6 Å². The van der Waals surface area contributed by atoms with Crippen molar-refractivity contribution in [3.05, 3.63) is 11.3 Å². The van der Waals surface area contributed by atoms with Crippen LogP contribution in [-0.4, -0.2) is 48.3 Å². The summed E-state index contributed by atoms with van der Waals surface area (Å²) >= 11 is 0. The average Bonchev–Trinajstić information content (AvgIpc) is 3.10. The average molecular weight is 479 g/mol. The van der Waals surface area contributed by atoms with Gasteiger partial charge in [-0.3, -0.25) is 14.4 Å². The van der Waals surface area contributed by atoms with Crippen molar-refractivity contribution in [3.8, 4) is 0 Å². The zero-order valence-corrected chi connectivity index (χ0v) is 22.2. The zero-order chi connectivity index (χ0) is 25.9. The minimum absolute atomic E-state index is 0.121. The number of ether oxygens (including phenoxy) is 3. The third kappa shape index (κ3) is 3.69. The number of allylic oxidation sites excluding steroid dienone is 2. The summed E-state index contributed by atoms with van der Waals surface area (Å²) in [5, 5.41) is 11.2. The van der Waals surface area contributed by atoms with E-state index >= 15 is 0 Å². The Hall–Kier alpha value is -1.89. The fourth-order valence-electron chi connectivity index (χ4n) is 7.61. The Balaban J connectivity index is 2.19. The molecule has 7 heteroatoms. The largest absolute Gasteiger partial charge is 0.490 e. The van der Waals surface area contributed by atoms with Gasteiger partial charge in [-0.2, -0.15) is 0 Å². The van der Waals surface area contributed by atoms with Crippen molar-refractivity contribution < 1.29 is 33.7 Å². The summed E-state index contributed by atoms with van der Waals surface area (Å²) in [6, 6.07) is 0. The Morgan fingerprint density at radius 1 is 1.15 bits per heavy atom. The smallest absolute Gasteiger partial charge is 0.316 e. The number of fused-ring (bicyclic) bond motifs is 1. The maximum Gasteiger partial charge on any atom is 0.316 e. The molecule has 0 radical (unpaired) electrons. The predicted octanol–water partition coefficient (Wildman–Crippen LogP) is 4.21. The van der Waals surface area contributed by atoms with Gasteiger partial charge in [0.05, 0.1) is 19.8 Å². The Bertz CT molecular complexity index is 899. The van der Waals surface area contributed by atoms with E-state index in [4.69, 9.17) is 14.2 Å². The molecule has 3 rings (SSSR count). The SMILES string of the molecule is COC(=O)CC[C@@]1(C)[C@H](C(C)(C)O)CC[C@H](C)[C@@]12C[C@@]1(C)C(=C(C)C(=O)[C@@H](C(=O)OC)[C@@H]1C)O2. The van der Waals surface area contributed by atoms with Gasteiger partial charge in [-0.05, 0) is 57.8 Å². The van der Waals surface area contributed by atoms with Gasteiger partial charge in [0, 0.05) is 29.2 Å². The first kappa shape index (κ1) is 26.7. The molecule has 192 valence electrons. The third-order valence-corrected chi connectivity index (χ3v) is 9.73. The quantitative estimate of drug-likeness (QED) is 0.467. The van der Waals surface area contributed by atoms with Crippen LogP contribution in [0.3, 0.4) is 0 Å². The van der Waals surface area contributed by atoms with Gasteiger partial charge in [0.2, 0.25) is 0 Å². The number of carbonyl (C=O) groups excluding carboxylic acids is 3. The van der Waals surface area contributed by atoms with E-state index in [1.165, 1.54) is 14.2 Å². The van der Waals surface area contributed by atoms with Crippen molar-refractivity contribution in [1.82, 2.24) is 0 Å². The maximum atomic E-state index is 13.3. The van der Waals surface area contributed by atoms with Gasteiger partial charge < -0.3 is 19.3 Å². The van der Waals surface area contributed by atoms with Crippen molar-refractivity contribution in [2.45, 2.75) is 91.8 Å². The van der Waals surface area contributed by atoms with Crippen molar-refractivity contribution in [2.75, 3.05) is 14.2 Å². The van der Waals surface area contributed by atoms with Gasteiger partial charge in [-0.25, -0.2) is 0 Å². The summed E-state index contributed by atoms with van der Waals surface area (Å²) in [7, 11) is 2.69. The van der Waals surface area contributed by atoms with E-state index in [0.29, 0.717) is 24.2 Å². The Kier molecular flexibility index (Phi) is 6.79. The summed E-state index contributed by atoms with van der Waals surface area (Å²) in [5.74, 6) is -1.61. The molecule has 1 aliphatic heterocycles. The normalized spacial score (nSPS) is 40.1. The first-order chi connectivity index (χ1) is 15.6. The van der Waals surface area contributed by atoms with E-state index < -0.39 is 33.9 Å². The van der Waals surface area contributed by atoms with E-state index in [2.05, 4.69) is 20.8 Å². The molecule has 0 unspecified atom stereocenters. The minimum Gasteiger partial charge on any atom is -0.490 e. The van der Waals surface area contributed by atoms with Crippen LogP contribution in [0.5, 0.6) is 0 Å². The van der Waals surface area contributed by atoms with E-state index in [1.54, 1.807) is 6.92 Å². The summed E-state index contributed by atoms with van der Waals surface area (Å²) in [4.78, 5) is 38.1. The number of hydrogen-bond donors (Lipinski definition) is 1. The van der Waals surface area contributed by atoms with Crippen molar-refractivity contribution in [2.24, 2.45) is 34.5 Å². The fraction of sp³-hybridized carbons (Fsp3) is 0.815. The molecule has 7 atom stereocenters. The number of carbonyl (C=O) groups is 3. The second kappa shape index (κ2) is 8.65. The molecule has 1 saturated carbocycles. The van der Waals surface area contributed by atoms with Crippen LogP contribution in [0.25, 0.3) is 0 Å². The monoisotopic (exact) mass is 478 g/mol. The highest BCUT2D eigenvalue weighted by atomic mass is 16.5. The summed E-state index contributed by atoms with van der Waals surface area (Å²) in [6.07, 6.45) is 2.96. The Morgan fingerprint density at radius 2 is 1.76 bits per heavy atom. The van der Waals surface area contributed by atoms with Crippen LogP contribution in [0.15, 0.2) is 11.3 Å². The molecule has 0 bridgehead atoms. The van der Waals surface area contributed by atoms with Crippen molar-refractivity contribution in [3.63, 3.8) is 0 Å². The molecule has 0 aromatic heterocycles. The molecule has 1 heterocycles. The maximum absolute atomic E-state index is 13.3. The minimum atomic E-state index is -0.991. The second-order valence-corrected chi connectivity index (χ2v) is 11.9. The van der Waals surface area contributed by atoms with Gasteiger partial charge in [0.15, 0.2) is 5.78 Å². The highest BCUT2D eigenvalue weighted by Gasteiger charge is 2.70. The van der Waals surface area contributed by atoms with Crippen LogP contribution in [0.2, 0.25) is 0 Å². The standard InChI is InChI=1S/C27H42O7/c1-15-10-11-18(24(4,5)31)26(7,13-12-19(28)32-8)27(15)14-25(6)17(3)20(23(30)33-9)21(29)16(2)22(25)34-27/h15,17-18,20,31H,10-14H2,1-9H3/t15-,17-,18-,20-,25+,26-,27-/m0/s1. The van der Waals surface area contributed by atoms with Gasteiger partial charge in [-0.1, -0.05) is 27.7 Å². The Morgan fingerprint density at radius 3 is 2.29 bits per heavy atom. The molecule has 34 heavy (non-hydrogen) atoms. The topological polar surface area (TPSA) is 99.1 Å². The molecule has 2 aliphatic carbocycles. The van der Waals surface area contributed by atoms with Gasteiger partial charge >= 0.3 is 11.9 Å². The van der Waals surface area contributed by atoms with E-state index in [9.17, 15) is 19.5 Å². The number of Topliss-reactive ketones (excluding diaryl/α,β-unsaturated/α-hetero) is 1. The third-order valence-electron chi connectivity index (χ3n) is 9.73. The molecule has 2 fully saturated rings. The van der Waals surface area contributed by atoms with Crippen LogP contribution in [0, 0.1) is 34.5 Å². The van der Waals surface area contributed by atoms with Gasteiger partial charge in [-0.15, -0.1) is 0 Å². The summed E-state index contributed by atoms with van der Waals surface area (Å²) in [5.41, 5.74) is -2.36. The van der Waals surface area contributed by atoms with Crippen molar-refractivity contribution in [1.29, 1.82) is 0 Å². The molecule has 0 aromatic rings. The lowest BCUT2D eigenvalue weighted by Crippen LogP contribution is -2.62. The van der Waals surface area contributed by atoms with E-state index in [-0.39, 0.29) is 35.9 Å².